The largest absolute Gasteiger partial charge is 0.386 e. The first-order valence-corrected chi connectivity index (χ1v) is 7.27. The van der Waals surface area contributed by atoms with E-state index in [1.165, 1.54) is 9.77 Å². The lowest BCUT2D eigenvalue weighted by Crippen LogP contribution is -2.36. The minimum absolute atomic E-state index is 0.0605. The third-order valence-electron chi connectivity index (χ3n) is 2.77. The molecule has 96 valence electrons. The number of nitrogens with one attached hydrogen (secondary N) is 1. The molecule has 3 atom stereocenters. The second kappa shape index (κ2) is 5.65. The number of aliphatic hydroxyl groups is 1. The highest BCUT2D eigenvalue weighted by atomic mass is 32.2. The highest BCUT2D eigenvalue weighted by Crippen LogP contribution is 2.43. The molecule has 2 rings (SSSR count). The van der Waals surface area contributed by atoms with E-state index in [1.54, 1.807) is 11.3 Å². The van der Waals surface area contributed by atoms with Crippen LogP contribution in [0.25, 0.3) is 0 Å². The van der Waals surface area contributed by atoms with Crippen molar-refractivity contribution >= 4 is 23.1 Å². The van der Waals surface area contributed by atoms with Gasteiger partial charge in [0.2, 0.25) is 0 Å². The van der Waals surface area contributed by atoms with E-state index in [1.807, 2.05) is 23.2 Å². The highest BCUT2D eigenvalue weighted by molar-refractivity contribution is 8.01. The average molecular weight is 279 g/mol. The molecule has 0 spiro atoms. The van der Waals surface area contributed by atoms with Gasteiger partial charge in [0, 0.05) is 17.8 Å². The van der Waals surface area contributed by atoms with Gasteiger partial charge in [-0.15, -0.1) is 23.1 Å². The van der Waals surface area contributed by atoms with Crippen molar-refractivity contribution in [3.05, 3.63) is 17.0 Å². The molecule has 0 saturated carbocycles. The van der Waals surface area contributed by atoms with E-state index in [2.05, 4.69) is 12.2 Å². The lowest BCUT2D eigenvalue weighted by Gasteiger charge is -2.28. The van der Waals surface area contributed by atoms with Crippen molar-refractivity contribution in [3.8, 4) is 0 Å². The number of hydrogen-bond donors (Lipinski definition) is 2. The molecular formula is C11H15F2NOS2. The monoisotopic (exact) mass is 279 g/mol. The van der Waals surface area contributed by atoms with Crippen LogP contribution in [-0.2, 0) is 0 Å². The maximum absolute atomic E-state index is 12.2. The molecule has 0 amide bonds. The summed E-state index contributed by atoms with van der Waals surface area (Å²) >= 11 is 3.52. The van der Waals surface area contributed by atoms with Crippen molar-refractivity contribution in [1.29, 1.82) is 0 Å². The number of thiophene rings is 1. The molecule has 2 unspecified atom stereocenters. The molecule has 6 heteroatoms. The molecule has 1 aliphatic heterocycles. The van der Waals surface area contributed by atoms with Crippen LogP contribution in [0, 0.1) is 0 Å². The van der Waals surface area contributed by atoms with Crippen molar-refractivity contribution in [2.75, 3.05) is 6.54 Å². The second-order valence-corrected chi connectivity index (χ2v) is 6.81. The van der Waals surface area contributed by atoms with Crippen LogP contribution in [0.5, 0.6) is 0 Å². The van der Waals surface area contributed by atoms with Crippen molar-refractivity contribution < 1.29 is 13.9 Å². The maximum Gasteiger partial charge on any atom is 0.265 e. The van der Waals surface area contributed by atoms with Crippen LogP contribution >= 0.6 is 23.1 Å². The predicted molar refractivity (Wildman–Crippen MR) is 67.0 cm³/mol. The van der Waals surface area contributed by atoms with Gasteiger partial charge in [0.1, 0.15) is 6.10 Å². The quantitative estimate of drug-likeness (QED) is 0.889. The summed E-state index contributed by atoms with van der Waals surface area (Å²) in [7, 11) is 0. The minimum Gasteiger partial charge on any atom is -0.386 e. The first-order chi connectivity index (χ1) is 8.08. The average Bonchev–Trinajstić information content (AvgIpc) is 2.72. The van der Waals surface area contributed by atoms with E-state index in [4.69, 9.17) is 5.11 Å². The van der Waals surface area contributed by atoms with E-state index < -0.39 is 12.5 Å². The van der Waals surface area contributed by atoms with E-state index in [9.17, 15) is 8.78 Å². The zero-order valence-electron chi connectivity index (χ0n) is 9.40. The van der Waals surface area contributed by atoms with E-state index >= 15 is 0 Å². The number of aliphatic hydroxyl groups excluding tert-OH is 1. The zero-order chi connectivity index (χ0) is 12.4. The molecule has 0 aliphatic carbocycles. The summed E-state index contributed by atoms with van der Waals surface area (Å²) in [5.74, 6) is 0. The molecule has 0 radical (unpaired) electrons. The summed E-state index contributed by atoms with van der Waals surface area (Å²) in [4.78, 5) is 0. The topological polar surface area (TPSA) is 32.3 Å². The van der Waals surface area contributed by atoms with Crippen molar-refractivity contribution in [3.63, 3.8) is 0 Å². The van der Waals surface area contributed by atoms with Crippen molar-refractivity contribution in [1.82, 2.24) is 5.32 Å². The third-order valence-corrected chi connectivity index (χ3v) is 5.12. The molecule has 2 heterocycles. The Morgan fingerprint density at radius 3 is 3.06 bits per heavy atom. The van der Waals surface area contributed by atoms with Crippen molar-refractivity contribution in [2.24, 2.45) is 0 Å². The van der Waals surface area contributed by atoms with Gasteiger partial charge < -0.3 is 10.4 Å². The Hall–Kier alpha value is -0.170. The maximum atomic E-state index is 12.2. The normalized spacial score (nSPS) is 25.9. The summed E-state index contributed by atoms with van der Waals surface area (Å²) in [5, 5.41) is 14.6. The highest BCUT2D eigenvalue weighted by Gasteiger charge is 2.27. The molecule has 0 fully saturated rings. The van der Waals surface area contributed by atoms with Gasteiger partial charge >= 0.3 is 0 Å². The molecular weight excluding hydrogens is 264 g/mol. The fourth-order valence-electron chi connectivity index (χ4n) is 1.89. The van der Waals surface area contributed by atoms with Gasteiger partial charge in [-0.1, -0.05) is 6.92 Å². The first-order valence-electron chi connectivity index (χ1n) is 5.51. The van der Waals surface area contributed by atoms with Gasteiger partial charge in [0.25, 0.3) is 6.43 Å². The Balaban J connectivity index is 1.98. The zero-order valence-corrected chi connectivity index (χ0v) is 11.0. The van der Waals surface area contributed by atoms with Gasteiger partial charge in [-0.2, -0.15) is 0 Å². The van der Waals surface area contributed by atoms with Crippen molar-refractivity contribution in [2.45, 2.75) is 41.4 Å². The molecule has 1 aliphatic rings. The fourth-order valence-corrected chi connectivity index (χ4v) is 4.46. The lowest BCUT2D eigenvalue weighted by atomic mass is 10.0. The molecule has 2 N–H and O–H groups in total. The Kier molecular flexibility index (Phi) is 4.41. The summed E-state index contributed by atoms with van der Waals surface area (Å²) in [5.41, 5.74) is 1.18. The molecule has 1 aromatic heterocycles. The Morgan fingerprint density at radius 1 is 1.59 bits per heavy atom. The molecule has 1 aromatic rings. The van der Waals surface area contributed by atoms with Crippen LogP contribution in [0.1, 0.15) is 24.9 Å². The van der Waals surface area contributed by atoms with Crippen LogP contribution in [0.3, 0.4) is 0 Å². The van der Waals surface area contributed by atoms with Gasteiger partial charge in [-0.3, -0.25) is 0 Å². The summed E-state index contributed by atoms with van der Waals surface area (Å²) in [6.07, 6.45) is -3.36. The van der Waals surface area contributed by atoms with E-state index in [0.29, 0.717) is 5.25 Å². The lowest BCUT2D eigenvalue weighted by molar-refractivity contribution is -0.00482. The number of thioether (sulfide) groups is 1. The Morgan fingerprint density at radius 2 is 2.35 bits per heavy atom. The second-order valence-electron chi connectivity index (χ2n) is 4.19. The predicted octanol–water partition coefficient (Wildman–Crippen LogP) is 2.89. The van der Waals surface area contributed by atoms with Crippen LogP contribution in [0.2, 0.25) is 0 Å². The number of rotatable bonds is 4. The van der Waals surface area contributed by atoms with Gasteiger partial charge in [-0.05, 0) is 23.4 Å². The standard InChI is InChI=1S/C11H15F2NOS2/c1-6-4-8(14-5-9(15)10(12)13)7-2-3-16-11(7)17-6/h2-3,6,8-10,14-15H,4-5H2,1H3/t6-,8?,9?/m0/s1. The van der Waals surface area contributed by atoms with Crippen LogP contribution in [0.4, 0.5) is 8.78 Å². The molecule has 0 aromatic carbocycles. The number of halogens is 2. The first kappa shape index (κ1) is 13.3. The fraction of sp³-hybridized carbons (Fsp3) is 0.636. The number of fused-ring (bicyclic) bond motifs is 1. The minimum atomic E-state index is -2.68. The number of alkyl halides is 2. The molecule has 17 heavy (non-hydrogen) atoms. The molecule has 2 nitrogen and oxygen atoms in total. The SMILES string of the molecule is C[C@H]1CC(NCC(O)C(F)F)c2ccsc2S1. The summed E-state index contributed by atoms with van der Waals surface area (Å²) < 4.78 is 25.7. The van der Waals surface area contributed by atoms with Crippen LogP contribution in [-0.4, -0.2) is 29.4 Å². The van der Waals surface area contributed by atoms with Crippen LogP contribution in [0.15, 0.2) is 15.7 Å². The van der Waals surface area contributed by atoms with Crippen LogP contribution < -0.4 is 5.32 Å². The van der Waals surface area contributed by atoms with Gasteiger partial charge in [0.05, 0.1) is 4.21 Å². The molecule has 0 saturated heterocycles. The summed E-state index contributed by atoms with van der Waals surface area (Å²) in [6, 6.07) is 2.12. The number of hydrogen-bond acceptors (Lipinski definition) is 4. The summed E-state index contributed by atoms with van der Waals surface area (Å²) in [6.45, 7) is 2.07. The Bertz CT molecular complexity index is 372. The molecule has 0 bridgehead atoms. The Labute approximate surface area is 107 Å². The third kappa shape index (κ3) is 3.19. The van der Waals surface area contributed by atoms with Gasteiger partial charge in [0.15, 0.2) is 0 Å². The smallest absolute Gasteiger partial charge is 0.265 e. The van der Waals surface area contributed by atoms with E-state index in [-0.39, 0.29) is 12.6 Å². The van der Waals surface area contributed by atoms with E-state index in [0.717, 1.165) is 6.42 Å². The van der Waals surface area contributed by atoms with Gasteiger partial charge in [-0.25, -0.2) is 8.78 Å².